The van der Waals surface area contributed by atoms with Crippen molar-refractivity contribution in [3.63, 3.8) is 0 Å². The van der Waals surface area contributed by atoms with Crippen molar-refractivity contribution in [2.45, 2.75) is 32.6 Å². The molecule has 0 saturated carbocycles. The number of aryl methyl sites for hydroxylation is 2. The number of fused-ring (bicyclic) bond motifs is 1. The monoisotopic (exact) mass is 640 g/mol. The summed E-state index contributed by atoms with van der Waals surface area (Å²) in [4.78, 5) is 22.0. The van der Waals surface area contributed by atoms with Crippen LogP contribution in [0.5, 0.6) is 0 Å². The van der Waals surface area contributed by atoms with Gasteiger partial charge < -0.3 is 15.5 Å². The van der Waals surface area contributed by atoms with E-state index in [-0.39, 0.29) is 29.4 Å². The van der Waals surface area contributed by atoms with E-state index in [1.54, 1.807) is 35.3 Å². The van der Waals surface area contributed by atoms with E-state index in [9.17, 15) is 18.0 Å². The second-order valence-electron chi connectivity index (χ2n) is 12.0. The lowest BCUT2D eigenvalue weighted by molar-refractivity contribution is -0.138. The summed E-state index contributed by atoms with van der Waals surface area (Å²) >= 11 is 0. The van der Waals surface area contributed by atoms with Gasteiger partial charge >= 0.3 is 6.18 Å². The van der Waals surface area contributed by atoms with Crippen LogP contribution in [0.2, 0.25) is 0 Å². The standard InChI is InChI=1S/C35H35F3N8O/c1-23-7-8-26(16-25(23)10-12-30-19-39-33-32(6-5-13-46(30)33)41-29-18-40-44(4)22-29)34(47)42-28-11-9-27(31(17-28)35(36,37)38)21-45-15-14-43(3)24(2)20-45/h5-9,11,13,16-19,22,24,41H,14-15,20-21H2,1-4H3,(H,42,47)/t24-/m1/s1. The molecule has 0 spiro atoms. The number of piperazine rings is 1. The van der Waals surface area contributed by atoms with Gasteiger partial charge in [-0.25, -0.2) is 4.98 Å². The predicted octanol–water partition coefficient (Wildman–Crippen LogP) is 5.93. The molecule has 0 unspecified atom stereocenters. The van der Waals surface area contributed by atoms with E-state index >= 15 is 0 Å². The topological polar surface area (TPSA) is 82.7 Å². The molecule has 1 fully saturated rings. The molecule has 1 amide bonds. The third kappa shape index (κ3) is 7.16. The lowest BCUT2D eigenvalue weighted by Crippen LogP contribution is -2.49. The van der Waals surface area contributed by atoms with Gasteiger partial charge in [-0.05, 0) is 74.3 Å². The molecule has 1 atom stereocenters. The van der Waals surface area contributed by atoms with Gasteiger partial charge in [0.05, 0.1) is 29.3 Å². The summed E-state index contributed by atoms with van der Waals surface area (Å²) in [5.74, 6) is 5.76. The van der Waals surface area contributed by atoms with Crippen LogP contribution in [0.15, 0.2) is 73.3 Å². The highest BCUT2D eigenvalue weighted by atomic mass is 19.4. The van der Waals surface area contributed by atoms with Gasteiger partial charge in [-0.1, -0.05) is 18.1 Å². The number of likely N-dealkylation sites (N-methyl/N-ethyl adjacent to an activating group) is 1. The Bertz CT molecular complexity index is 2000. The average molecular weight is 641 g/mol. The first-order valence-corrected chi connectivity index (χ1v) is 15.2. The number of amides is 1. The van der Waals surface area contributed by atoms with Crippen molar-refractivity contribution in [2.24, 2.45) is 7.05 Å². The largest absolute Gasteiger partial charge is 0.416 e. The van der Waals surface area contributed by atoms with Gasteiger partial charge in [0.15, 0.2) is 5.65 Å². The number of hydrogen-bond donors (Lipinski definition) is 2. The first kappa shape index (κ1) is 31.8. The Morgan fingerprint density at radius 1 is 1.04 bits per heavy atom. The molecule has 6 rings (SSSR count). The van der Waals surface area contributed by atoms with Crippen LogP contribution in [0.25, 0.3) is 5.65 Å². The molecule has 9 nitrogen and oxygen atoms in total. The number of imidazole rings is 1. The fourth-order valence-corrected chi connectivity index (χ4v) is 5.64. The van der Waals surface area contributed by atoms with E-state index in [4.69, 9.17) is 0 Å². The number of alkyl halides is 3. The van der Waals surface area contributed by atoms with E-state index in [1.165, 1.54) is 12.1 Å². The van der Waals surface area contributed by atoms with Gasteiger partial charge in [0.25, 0.3) is 5.91 Å². The van der Waals surface area contributed by atoms with Gasteiger partial charge in [0.1, 0.15) is 5.69 Å². The summed E-state index contributed by atoms with van der Waals surface area (Å²) in [6, 6.07) is 13.1. The zero-order valence-corrected chi connectivity index (χ0v) is 26.6. The molecule has 0 bridgehead atoms. The molecule has 0 radical (unpaired) electrons. The van der Waals surface area contributed by atoms with E-state index in [0.717, 1.165) is 29.5 Å². The predicted molar refractivity (Wildman–Crippen MR) is 176 cm³/mol. The highest BCUT2D eigenvalue weighted by molar-refractivity contribution is 6.04. The maximum absolute atomic E-state index is 14.1. The minimum atomic E-state index is -4.56. The van der Waals surface area contributed by atoms with Crippen molar-refractivity contribution in [3.05, 3.63) is 107 Å². The maximum Gasteiger partial charge on any atom is 0.416 e. The van der Waals surface area contributed by atoms with Crippen molar-refractivity contribution in [2.75, 3.05) is 37.3 Å². The number of hydrogen-bond acceptors (Lipinski definition) is 6. The molecule has 2 aromatic carbocycles. The Labute approximate surface area is 271 Å². The van der Waals surface area contributed by atoms with Crippen LogP contribution in [0.4, 0.5) is 30.2 Å². The molecule has 2 N–H and O–H groups in total. The Balaban J connectivity index is 1.20. The molecule has 1 aliphatic rings. The number of rotatable bonds is 6. The van der Waals surface area contributed by atoms with Crippen LogP contribution in [-0.2, 0) is 19.8 Å². The summed E-state index contributed by atoms with van der Waals surface area (Å²) in [6.07, 6.45) is 2.56. The molecular formula is C35H35F3N8O. The van der Waals surface area contributed by atoms with E-state index < -0.39 is 17.6 Å². The van der Waals surface area contributed by atoms with E-state index in [1.807, 2.05) is 54.8 Å². The number of aromatic nitrogens is 4. The van der Waals surface area contributed by atoms with Crippen LogP contribution >= 0.6 is 0 Å². The van der Waals surface area contributed by atoms with Crippen molar-refractivity contribution < 1.29 is 18.0 Å². The first-order chi connectivity index (χ1) is 22.4. The third-order valence-corrected chi connectivity index (χ3v) is 8.46. The van der Waals surface area contributed by atoms with Crippen LogP contribution in [0, 0.1) is 18.8 Å². The fraction of sp³-hybridized carbons (Fsp3) is 0.286. The molecule has 242 valence electrons. The normalized spacial score (nSPS) is 15.8. The second kappa shape index (κ2) is 12.9. The number of benzene rings is 2. The first-order valence-electron chi connectivity index (χ1n) is 15.2. The second-order valence-corrected chi connectivity index (χ2v) is 12.0. The molecule has 3 aromatic heterocycles. The number of carbonyl (C=O) groups is 1. The molecule has 1 saturated heterocycles. The number of nitrogens with one attached hydrogen (secondary N) is 2. The lowest BCUT2D eigenvalue weighted by atomic mass is 10.0. The molecule has 5 aromatic rings. The lowest BCUT2D eigenvalue weighted by Gasteiger charge is -2.38. The van der Waals surface area contributed by atoms with Gasteiger partial charge in [-0.15, -0.1) is 0 Å². The molecule has 1 aliphatic heterocycles. The highest BCUT2D eigenvalue weighted by Gasteiger charge is 2.34. The van der Waals surface area contributed by atoms with Gasteiger partial charge in [-0.3, -0.25) is 18.8 Å². The Kier molecular flexibility index (Phi) is 8.77. The smallest absolute Gasteiger partial charge is 0.350 e. The molecule has 4 heterocycles. The van der Waals surface area contributed by atoms with Crippen LogP contribution in [0.1, 0.15) is 45.2 Å². The molecule has 47 heavy (non-hydrogen) atoms. The summed E-state index contributed by atoms with van der Waals surface area (Å²) in [7, 11) is 3.86. The Morgan fingerprint density at radius 2 is 1.87 bits per heavy atom. The quantitative estimate of drug-likeness (QED) is 0.224. The minimum absolute atomic E-state index is 0.0763. The van der Waals surface area contributed by atoms with Crippen molar-refractivity contribution in [1.29, 1.82) is 0 Å². The van der Waals surface area contributed by atoms with E-state index in [2.05, 4.69) is 44.4 Å². The zero-order chi connectivity index (χ0) is 33.3. The zero-order valence-electron chi connectivity index (χ0n) is 26.6. The van der Waals surface area contributed by atoms with Gasteiger partial charge in [0, 0.05) is 68.5 Å². The van der Waals surface area contributed by atoms with Gasteiger partial charge in [0.2, 0.25) is 0 Å². The van der Waals surface area contributed by atoms with Crippen molar-refractivity contribution in [1.82, 2.24) is 29.0 Å². The summed E-state index contributed by atoms with van der Waals surface area (Å²) in [5.41, 5.74) is 4.22. The van der Waals surface area contributed by atoms with Crippen LogP contribution < -0.4 is 10.6 Å². The minimum Gasteiger partial charge on any atom is -0.350 e. The van der Waals surface area contributed by atoms with Gasteiger partial charge in [-0.2, -0.15) is 18.3 Å². The van der Waals surface area contributed by atoms with Crippen molar-refractivity contribution in [3.8, 4) is 11.8 Å². The molecule has 12 heteroatoms. The number of halogens is 3. The number of anilines is 3. The fourth-order valence-electron chi connectivity index (χ4n) is 5.64. The number of pyridine rings is 1. The maximum atomic E-state index is 14.1. The van der Waals surface area contributed by atoms with Crippen molar-refractivity contribution >= 4 is 28.6 Å². The highest BCUT2D eigenvalue weighted by Crippen LogP contribution is 2.35. The Hall–Kier alpha value is -5.12. The number of nitrogens with zero attached hydrogens (tertiary/aromatic N) is 6. The van der Waals surface area contributed by atoms with Crippen LogP contribution in [-0.4, -0.2) is 67.6 Å². The average Bonchev–Trinajstić information content (AvgIpc) is 3.64. The summed E-state index contributed by atoms with van der Waals surface area (Å²) < 4.78 is 46.0. The Morgan fingerprint density at radius 3 is 2.62 bits per heavy atom. The van der Waals surface area contributed by atoms with E-state index in [0.29, 0.717) is 30.0 Å². The number of carbonyl (C=O) groups excluding carboxylic acids is 1. The molecular weight excluding hydrogens is 605 g/mol. The summed E-state index contributed by atoms with van der Waals surface area (Å²) in [5, 5.41) is 10.1. The third-order valence-electron chi connectivity index (χ3n) is 8.46. The van der Waals surface area contributed by atoms with Crippen LogP contribution in [0.3, 0.4) is 0 Å². The SMILES string of the molecule is Cc1ccc(C(=O)Nc2ccc(CN3CCN(C)[C@H](C)C3)c(C(F)(F)F)c2)cc1C#Cc1cnc2c(Nc3cnn(C)c3)cccn12. The summed E-state index contributed by atoms with van der Waals surface area (Å²) in [6.45, 7) is 6.31. The molecule has 0 aliphatic carbocycles.